The summed E-state index contributed by atoms with van der Waals surface area (Å²) in [5.41, 5.74) is 0. The molecule has 0 atom stereocenters. The molecule has 31 heavy (non-hydrogen) atoms. The van der Waals surface area contributed by atoms with Gasteiger partial charge in [0.1, 0.15) is 0 Å². The van der Waals surface area contributed by atoms with Crippen molar-refractivity contribution in [2.45, 2.75) is 136 Å². The van der Waals surface area contributed by atoms with Gasteiger partial charge in [-0.2, -0.15) is 0 Å². The van der Waals surface area contributed by atoms with Crippen LogP contribution in [0.4, 0.5) is 0 Å². The van der Waals surface area contributed by atoms with E-state index < -0.39 is 55.8 Å². The first-order valence-corrected chi connectivity index (χ1v) is 31.7. The van der Waals surface area contributed by atoms with Crippen molar-refractivity contribution in [3.8, 4) is 0 Å². The number of rotatable bonds is 9. The third-order valence-corrected chi connectivity index (χ3v) is 68.8. The fraction of sp³-hybridized carbons (Fsp3) is 1.00. The Kier molecular flexibility index (Phi) is 12.0. The molecule has 0 bridgehead atoms. The molecule has 0 aliphatic rings. The van der Waals surface area contributed by atoms with E-state index in [1.165, 1.54) is 0 Å². The average Bonchev–Trinajstić information content (AvgIpc) is 2.37. The van der Waals surface area contributed by atoms with Gasteiger partial charge in [0.05, 0.1) is 0 Å². The molecule has 0 radical (unpaired) electrons. The van der Waals surface area contributed by atoms with Crippen LogP contribution in [-0.2, 0) is 0 Å². The molecule has 3 nitrogen and oxygen atoms in total. The summed E-state index contributed by atoms with van der Waals surface area (Å²) in [6.07, 6.45) is 0. The molecular weight excluding hydrogens is 602 g/mol. The van der Waals surface area contributed by atoms with Crippen LogP contribution in [0.25, 0.3) is 0 Å². The Morgan fingerprint density at radius 2 is 0.581 bits per heavy atom. The van der Waals surface area contributed by atoms with Gasteiger partial charge in [0, 0.05) is 0 Å². The normalized spacial score (nSPS) is 16.5. The van der Waals surface area contributed by atoms with Crippen LogP contribution in [0.3, 0.4) is 0 Å². The molecule has 0 unspecified atom stereocenters. The van der Waals surface area contributed by atoms with Gasteiger partial charge in [0.25, 0.3) is 0 Å². The van der Waals surface area contributed by atoms with Gasteiger partial charge in [-0.3, -0.25) is 0 Å². The molecule has 0 aromatic carbocycles. The van der Waals surface area contributed by atoms with E-state index in [2.05, 4.69) is 124 Å². The fourth-order valence-corrected chi connectivity index (χ4v) is 91.9. The van der Waals surface area contributed by atoms with E-state index in [1.54, 1.807) is 0 Å². The second kappa shape index (κ2) is 11.2. The van der Waals surface area contributed by atoms with Crippen molar-refractivity contribution in [3.63, 3.8) is 0 Å². The van der Waals surface area contributed by atoms with E-state index in [1.807, 2.05) is 0 Å². The van der Waals surface area contributed by atoms with Crippen LogP contribution in [0.15, 0.2) is 0 Å². The zero-order valence-corrected chi connectivity index (χ0v) is 35.9. The van der Waals surface area contributed by atoms with Gasteiger partial charge in [0.2, 0.25) is 0 Å². The van der Waals surface area contributed by atoms with E-state index in [4.69, 9.17) is 0 Å². The second-order valence-electron chi connectivity index (χ2n) is 16.4. The first-order valence-electron chi connectivity index (χ1n) is 12.5. The van der Waals surface area contributed by atoms with E-state index in [-0.39, 0.29) is 29.0 Å². The molecule has 0 amide bonds. The Balaban J connectivity index is 7.06. The van der Waals surface area contributed by atoms with Crippen LogP contribution < -0.4 is 0 Å². The molecule has 0 saturated carbocycles. The van der Waals surface area contributed by atoms with Crippen LogP contribution >= 0.6 is 0 Å². The van der Waals surface area contributed by atoms with Gasteiger partial charge >= 0.3 is 224 Å². The van der Waals surface area contributed by atoms with Gasteiger partial charge < -0.3 is 0 Å². The number of nitrogens with zero attached hydrogens (tertiary/aromatic N) is 3. The molecule has 186 valence electrons. The predicted octanol–water partition coefficient (Wildman–Crippen LogP) is 5.67. The zero-order valence-electron chi connectivity index (χ0n) is 25.0. The molecule has 0 saturated heterocycles. The summed E-state index contributed by atoms with van der Waals surface area (Å²) < 4.78 is 10.3. The third-order valence-electron chi connectivity index (χ3n) is 5.36. The minimum atomic E-state index is -2.56. The van der Waals surface area contributed by atoms with E-state index in [0.717, 1.165) is 0 Å². The van der Waals surface area contributed by atoms with Crippen LogP contribution in [-0.4, -0.2) is 56.7 Å². The van der Waals surface area contributed by atoms with Crippen molar-refractivity contribution in [1.29, 1.82) is 0 Å². The summed E-state index contributed by atoms with van der Waals surface area (Å²) in [4.78, 5) is 0. The standard InChI is InChI=1S/3C7H20NSi2.La/c3*1-7(2,3)9-8-10(4,5)6;/h3*9H2,1-6H3;/q3*-1;+3. The van der Waals surface area contributed by atoms with Gasteiger partial charge in [-0.25, -0.2) is 0 Å². The van der Waals surface area contributed by atoms with Crippen LogP contribution in [0.5, 0.6) is 0 Å². The fourth-order valence-electron chi connectivity index (χ4n) is 4.03. The molecule has 0 aliphatic carbocycles. The van der Waals surface area contributed by atoms with Crippen LogP contribution in [0.2, 0.25) is 74.0 Å². The Hall–Kier alpha value is 2.38. The quantitative estimate of drug-likeness (QED) is 0.295. The van der Waals surface area contributed by atoms with Crippen LogP contribution in [0, 0.1) is 31.1 Å². The van der Waals surface area contributed by atoms with Gasteiger partial charge in [-0.1, -0.05) is 0 Å². The zero-order chi connectivity index (χ0) is 25.4. The van der Waals surface area contributed by atoms with Crippen molar-refractivity contribution in [1.82, 2.24) is 2.99 Å². The molecule has 0 heterocycles. The SMILES string of the molecule is CC(C)(C)[SiH2][N]([La]([N]([SiH2]C(C)(C)C)[Si](C)(C)C)[N]([SiH2]C(C)(C)C)[Si](C)(C)C)[Si](C)(C)C. The topological polar surface area (TPSA) is 9.72 Å². The Labute approximate surface area is 222 Å². The summed E-state index contributed by atoms with van der Waals surface area (Å²) in [6, 6.07) is 0. The van der Waals surface area contributed by atoms with Gasteiger partial charge in [-0.05, 0) is 0 Å². The summed E-state index contributed by atoms with van der Waals surface area (Å²) in [7, 11) is -5.07. The molecule has 0 aromatic rings. The van der Waals surface area contributed by atoms with Crippen molar-refractivity contribution in [3.05, 3.63) is 0 Å². The average molecular weight is 662 g/mol. The van der Waals surface area contributed by atoms with Crippen molar-refractivity contribution in [2.24, 2.45) is 0 Å². The Morgan fingerprint density at radius 3 is 0.677 bits per heavy atom. The second-order valence-corrected chi connectivity index (χ2v) is 62.2. The van der Waals surface area contributed by atoms with E-state index >= 15 is 0 Å². The summed E-state index contributed by atoms with van der Waals surface area (Å²) in [5, 5.41) is 1.50. The van der Waals surface area contributed by atoms with Crippen molar-refractivity contribution in [2.75, 3.05) is 0 Å². The number of hydrogen-bond donors (Lipinski definition) is 0. The molecule has 0 aliphatic heterocycles. The first-order chi connectivity index (χ1) is 13.2. The predicted molar refractivity (Wildman–Crippen MR) is 160 cm³/mol. The minimum absolute atomic E-state index is 0.296. The van der Waals surface area contributed by atoms with Crippen molar-refractivity contribution < 1.29 is 31.1 Å². The summed E-state index contributed by atoms with van der Waals surface area (Å²) >= 11 is -2.56. The Bertz CT molecular complexity index is 482. The molecular formula is C21H60LaN3Si6. The molecule has 0 rings (SSSR count). The van der Waals surface area contributed by atoms with Crippen molar-refractivity contribution >= 4 is 53.7 Å². The first kappa shape index (κ1) is 33.4. The maximum absolute atomic E-state index is 3.42. The molecule has 0 spiro atoms. The van der Waals surface area contributed by atoms with Gasteiger partial charge in [0.15, 0.2) is 0 Å². The third kappa shape index (κ3) is 13.3. The monoisotopic (exact) mass is 661 g/mol. The molecule has 10 heteroatoms. The van der Waals surface area contributed by atoms with Gasteiger partial charge in [-0.15, -0.1) is 0 Å². The maximum atomic E-state index is 3.42. The molecule has 0 aromatic heterocycles. The van der Waals surface area contributed by atoms with E-state index in [9.17, 15) is 0 Å². The van der Waals surface area contributed by atoms with Crippen LogP contribution in [0.1, 0.15) is 62.3 Å². The Morgan fingerprint density at radius 1 is 0.419 bits per heavy atom. The number of hydrogen-bond acceptors (Lipinski definition) is 3. The molecule has 0 fully saturated rings. The van der Waals surface area contributed by atoms with E-state index in [0.29, 0.717) is 15.1 Å². The molecule has 0 N–H and O–H groups in total. The summed E-state index contributed by atoms with van der Waals surface area (Å²) in [5.74, 6) is 0. The summed E-state index contributed by atoms with van der Waals surface area (Å²) in [6.45, 7) is 47.0.